The van der Waals surface area contributed by atoms with E-state index in [2.05, 4.69) is 15.8 Å². The Morgan fingerprint density at radius 3 is 2.81 bits per heavy atom. The van der Waals surface area contributed by atoms with Crippen LogP contribution in [-0.4, -0.2) is 55.7 Å². The third kappa shape index (κ3) is 3.86. The van der Waals surface area contributed by atoms with E-state index >= 15 is 0 Å². The fourth-order valence-corrected chi connectivity index (χ4v) is 2.08. The number of nitrogens with one attached hydrogen (secondary N) is 2. The molecule has 92 valence electrons. The van der Waals surface area contributed by atoms with Crippen LogP contribution in [0.4, 0.5) is 0 Å². The molecular weight excluding hydrogens is 226 g/mol. The van der Waals surface area contributed by atoms with Gasteiger partial charge in [0.2, 0.25) is 0 Å². The second kappa shape index (κ2) is 6.34. The maximum atomic E-state index is 5.51. The maximum absolute atomic E-state index is 5.51. The van der Waals surface area contributed by atoms with E-state index in [4.69, 9.17) is 21.7 Å². The van der Waals surface area contributed by atoms with Crippen molar-refractivity contribution in [2.24, 2.45) is 0 Å². The van der Waals surface area contributed by atoms with Crippen LogP contribution in [0.15, 0.2) is 0 Å². The van der Waals surface area contributed by atoms with Crippen LogP contribution in [-0.2, 0) is 9.47 Å². The molecule has 1 atom stereocenters. The Kier molecular flexibility index (Phi) is 4.77. The number of morpholine rings is 1. The molecule has 2 aliphatic heterocycles. The number of rotatable bonds is 3. The maximum Gasteiger partial charge on any atom is 0.181 e. The van der Waals surface area contributed by atoms with Gasteiger partial charge in [0.25, 0.3) is 0 Å². The van der Waals surface area contributed by atoms with Gasteiger partial charge in [-0.1, -0.05) is 0 Å². The van der Waals surface area contributed by atoms with E-state index in [1.165, 1.54) is 0 Å². The van der Waals surface area contributed by atoms with Gasteiger partial charge in [0.05, 0.1) is 19.3 Å². The topological polar surface area (TPSA) is 45.8 Å². The van der Waals surface area contributed by atoms with Crippen molar-refractivity contribution in [1.82, 2.24) is 15.8 Å². The molecule has 0 saturated carbocycles. The predicted molar refractivity (Wildman–Crippen MR) is 65.1 cm³/mol. The average molecular weight is 245 g/mol. The summed E-state index contributed by atoms with van der Waals surface area (Å²) >= 11 is 5.21. The molecule has 2 heterocycles. The number of hydrogen-bond donors (Lipinski definition) is 2. The molecular formula is C10H19N3O2S. The molecule has 0 aromatic heterocycles. The molecule has 2 rings (SSSR count). The highest BCUT2D eigenvalue weighted by Gasteiger charge is 2.16. The van der Waals surface area contributed by atoms with Gasteiger partial charge in [-0.2, -0.15) is 0 Å². The van der Waals surface area contributed by atoms with Crippen LogP contribution in [0.3, 0.4) is 0 Å². The van der Waals surface area contributed by atoms with Crippen LogP contribution in [0.5, 0.6) is 0 Å². The van der Waals surface area contributed by atoms with Crippen molar-refractivity contribution < 1.29 is 9.47 Å². The molecule has 2 N–H and O–H groups in total. The lowest BCUT2D eigenvalue weighted by atomic mass is 10.2. The summed E-state index contributed by atoms with van der Waals surface area (Å²) in [5, 5.41) is 5.94. The lowest BCUT2D eigenvalue weighted by Crippen LogP contribution is -2.52. The van der Waals surface area contributed by atoms with Gasteiger partial charge >= 0.3 is 0 Å². The molecule has 0 spiro atoms. The summed E-state index contributed by atoms with van der Waals surface area (Å²) in [6.45, 7) is 4.97. The highest BCUT2D eigenvalue weighted by atomic mass is 32.1. The molecule has 16 heavy (non-hydrogen) atoms. The minimum atomic E-state index is 0.324. The largest absolute Gasteiger partial charge is 0.379 e. The normalized spacial score (nSPS) is 26.6. The third-order valence-electron chi connectivity index (χ3n) is 2.79. The van der Waals surface area contributed by atoms with Crippen molar-refractivity contribution in [1.29, 1.82) is 0 Å². The van der Waals surface area contributed by atoms with E-state index in [1.807, 2.05) is 0 Å². The molecule has 6 heteroatoms. The average Bonchev–Trinajstić information content (AvgIpc) is 2.81. The first-order chi connectivity index (χ1) is 7.84. The van der Waals surface area contributed by atoms with Gasteiger partial charge in [0.1, 0.15) is 0 Å². The molecule has 0 amide bonds. The number of ether oxygens (including phenoxy) is 2. The van der Waals surface area contributed by atoms with Crippen LogP contribution in [0.1, 0.15) is 12.8 Å². The zero-order valence-electron chi connectivity index (χ0n) is 9.41. The summed E-state index contributed by atoms with van der Waals surface area (Å²) in [5.41, 5.74) is 3.16. The monoisotopic (exact) mass is 245 g/mol. The van der Waals surface area contributed by atoms with E-state index in [9.17, 15) is 0 Å². The standard InChI is InChI=1S/C10H19N3O2S/c16-10(11-8-9-2-1-5-15-9)12-13-3-6-14-7-4-13/h9H,1-8H2,(H2,11,12,16). The quantitative estimate of drug-likeness (QED) is 0.676. The summed E-state index contributed by atoms with van der Waals surface area (Å²) < 4.78 is 10.8. The minimum absolute atomic E-state index is 0.324. The highest BCUT2D eigenvalue weighted by molar-refractivity contribution is 7.80. The lowest BCUT2D eigenvalue weighted by Gasteiger charge is -2.28. The highest BCUT2D eigenvalue weighted by Crippen LogP contribution is 2.10. The van der Waals surface area contributed by atoms with Crippen LogP contribution in [0.25, 0.3) is 0 Å². The number of nitrogens with zero attached hydrogens (tertiary/aromatic N) is 1. The van der Waals surface area contributed by atoms with Crippen LogP contribution >= 0.6 is 12.2 Å². The number of hydrogen-bond acceptors (Lipinski definition) is 4. The summed E-state index contributed by atoms with van der Waals surface area (Å²) in [5.74, 6) is 0. The Bertz CT molecular complexity index is 228. The van der Waals surface area contributed by atoms with Gasteiger partial charge in [0, 0.05) is 26.2 Å². The molecule has 0 radical (unpaired) electrons. The summed E-state index contributed by atoms with van der Waals surface area (Å²) in [7, 11) is 0. The van der Waals surface area contributed by atoms with E-state index in [0.29, 0.717) is 11.2 Å². The van der Waals surface area contributed by atoms with Gasteiger partial charge in [-0.15, -0.1) is 0 Å². The Labute approximate surface area is 101 Å². The summed E-state index contributed by atoms with van der Waals surface area (Å²) in [4.78, 5) is 0. The molecule has 2 fully saturated rings. The lowest BCUT2D eigenvalue weighted by molar-refractivity contribution is 0.0245. The van der Waals surface area contributed by atoms with Crippen molar-refractivity contribution in [3.8, 4) is 0 Å². The van der Waals surface area contributed by atoms with Gasteiger partial charge in [-0.05, 0) is 25.1 Å². The Hall–Kier alpha value is -0.430. The van der Waals surface area contributed by atoms with E-state index in [1.54, 1.807) is 0 Å². The van der Waals surface area contributed by atoms with Crippen molar-refractivity contribution in [3.05, 3.63) is 0 Å². The van der Waals surface area contributed by atoms with E-state index in [-0.39, 0.29) is 0 Å². The zero-order valence-corrected chi connectivity index (χ0v) is 10.2. The van der Waals surface area contributed by atoms with Gasteiger partial charge in [-0.25, -0.2) is 5.01 Å². The minimum Gasteiger partial charge on any atom is -0.379 e. The fraction of sp³-hybridized carbons (Fsp3) is 0.900. The molecule has 2 saturated heterocycles. The van der Waals surface area contributed by atoms with Crippen LogP contribution < -0.4 is 10.7 Å². The first kappa shape index (κ1) is 12.0. The van der Waals surface area contributed by atoms with Crippen molar-refractivity contribution in [2.75, 3.05) is 39.5 Å². The molecule has 0 aliphatic carbocycles. The van der Waals surface area contributed by atoms with Gasteiger partial charge < -0.3 is 14.8 Å². The molecule has 0 bridgehead atoms. The molecule has 0 aromatic rings. The number of hydrazine groups is 1. The second-order valence-electron chi connectivity index (χ2n) is 4.06. The molecule has 2 aliphatic rings. The third-order valence-corrected chi connectivity index (χ3v) is 3.02. The summed E-state index contributed by atoms with van der Waals surface area (Å²) in [6, 6.07) is 0. The number of thiocarbonyl (C=S) groups is 1. The molecule has 0 aromatic carbocycles. The van der Waals surface area contributed by atoms with Crippen molar-refractivity contribution in [2.45, 2.75) is 18.9 Å². The second-order valence-corrected chi connectivity index (χ2v) is 4.46. The fourth-order valence-electron chi connectivity index (χ4n) is 1.87. The Balaban J connectivity index is 1.59. The van der Waals surface area contributed by atoms with Crippen LogP contribution in [0, 0.1) is 0 Å². The van der Waals surface area contributed by atoms with Crippen molar-refractivity contribution in [3.63, 3.8) is 0 Å². The molecule has 5 nitrogen and oxygen atoms in total. The first-order valence-electron chi connectivity index (χ1n) is 5.83. The zero-order chi connectivity index (χ0) is 11.2. The predicted octanol–water partition coefficient (Wildman–Crippen LogP) is -0.123. The van der Waals surface area contributed by atoms with Gasteiger partial charge in [0.15, 0.2) is 5.11 Å². The Morgan fingerprint density at radius 2 is 2.12 bits per heavy atom. The first-order valence-corrected chi connectivity index (χ1v) is 6.24. The Morgan fingerprint density at radius 1 is 1.31 bits per heavy atom. The van der Waals surface area contributed by atoms with Crippen LogP contribution in [0.2, 0.25) is 0 Å². The van der Waals surface area contributed by atoms with Crippen molar-refractivity contribution >= 4 is 17.3 Å². The smallest absolute Gasteiger partial charge is 0.181 e. The van der Waals surface area contributed by atoms with Gasteiger partial charge in [-0.3, -0.25) is 5.43 Å². The SMILES string of the molecule is S=C(NCC1CCCO1)NN1CCOCC1. The molecule has 1 unspecified atom stereocenters. The van der Waals surface area contributed by atoms with E-state index in [0.717, 1.165) is 52.3 Å². The summed E-state index contributed by atoms with van der Waals surface area (Å²) in [6.07, 6.45) is 2.62. The van der Waals surface area contributed by atoms with E-state index < -0.39 is 0 Å².